The van der Waals surface area contributed by atoms with E-state index in [0.29, 0.717) is 5.82 Å². The van der Waals surface area contributed by atoms with Crippen LogP contribution in [0.1, 0.15) is 5.56 Å². The molecule has 0 atom stereocenters. The lowest BCUT2D eigenvalue weighted by Crippen LogP contribution is -1.96. The zero-order valence-electron chi connectivity index (χ0n) is 12.8. The monoisotopic (exact) mass is 300 g/mol. The molecule has 0 radical (unpaired) electrons. The van der Waals surface area contributed by atoms with Crippen molar-refractivity contribution in [3.8, 4) is 16.8 Å². The smallest absolute Gasteiger partial charge is 0.123 e. The predicted molar refractivity (Wildman–Crippen MR) is 93.5 cm³/mol. The number of anilines is 1. The first-order valence-corrected chi connectivity index (χ1v) is 7.47. The van der Waals surface area contributed by atoms with Crippen molar-refractivity contribution >= 4 is 16.7 Å². The molecule has 4 aromatic rings. The number of fused-ring (bicyclic) bond motifs is 1. The first-order chi connectivity index (χ1) is 11.2. The third-order valence-corrected chi connectivity index (χ3v) is 3.94. The van der Waals surface area contributed by atoms with Gasteiger partial charge in [-0.05, 0) is 48.4 Å². The normalized spacial score (nSPS) is 11.0. The molecule has 0 saturated heterocycles. The number of nitrogens with zero attached hydrogens (tertiary/aromatic N) is 3. The van der Waals surface area contributed by atoms with Gasteiger partial charge in [0.05, 0.1) is 17.4 Å². The second-order valence-corrected chi connectivity index (χ2v) is 5.64. The molecule has 0 aliphatic rings. The molecular weight excluding hydrogens is 284 g/mol. The average Bonchev–Trinajstić information content (AvgIpc) is 2.98. The van der Waals surface area contributed by atoms with Crippen LogP contribution in [0.25, 0.3) is 27.7 Å². The second kappa shape index (κ2) is 5.25. The summed E-state index contributed by atoms with van der Waals surface area (Å²) in [6, 6.07) is 18.4. The molecular formula is C19H16N4. The number of nitrogen functional groups attached to an aromatic ring is 1. The van der Waals surface area contributed by atoms with Crippen molar-refractivity contribution in [2.75, 3.05) is 5.73 Å². The molecule has 2 heterocycles. The molecule has 112 valence electrons. The summed E-state index contributed by atoms with van der Waals surface area (Å²) in [4.78, 5) is 4.17. The highest BCUT2D eigenvalue weighted by atomic mass is 15.3. The quantitative estimate of drug-likeness (QED) is 0.609. The minimum atomic E-state index is 0.527. The first kappa shape index (κ1) is 13.5. The maximum atomic E-state index is 5.67. The maximum Gasteiger partial charge on any atom is 0.123 e. The van der Waals surface area contributed by atoms with Crippen molar-refractivity contribution in [2.24, 2.45) is 0 Å². The van der Waals surface area contributed by atoms with Gasteiger partial charge in [-0.15, -0.1) is 0 Å². The molecule has 0 amide bonds. The molecule has 2 aromatic carbocycles. The number of rotatable bonds is 2. The van der Waals surface area contributed by atoms with Crippen LogP contribution in [0, 0.1) is 6.92 Å². The van der Waals surface area contributed by atoms with Crippen LogP contribution in [0.2, 0.25) is 0 Å². The fraction of sp³-hybridized carbons (Fsp3) is 0.0526. The zero-order chi connectivity index (χ0) is 15.8. The number of hydrogen-bond donors (Lipinski definition) is 1. The maximum absolute atomic E-state index is 5.67. The first-order valence-electron chi connectivity index (χ1n) is 7.47. The minimum absolute atomic E-state index is 0.527. The van der Waals surface area contributed by atoms with E-state index in [0.717, 1.165) is 27.7 Å². The number of aryl methyl sites for hydroxylation is 1. The van der Waals surface area contributed by atoms with E-state index in [2.05, 4.69) is 53.4 Å². The highest BCUT2D eigenvalue weighted by molar-refractivity contribution is 5.85. The molecule has 23 heavy (non-hydrogen) atoms. The SMILES string of the molecule is Cc1cccc(-n2ncc3ccc(-c4ccc(N)nc4)cc32)c1. The van der Waals surface area contributed by atoms with Crippen molar-refractivity contribution in [2.45, 2.75) is 6.92 Å². The lowest BCUT2D eigenvalue weighted by molar-refractivity contribution is 0.909. The number of aromatic nitrogens is 3. The van der Waals surface area contributed by atoms with E-state index >= 15 is 0 Å². The van der Waals surface area contributed by atoms with Gasteiger partial charge in [0.15, 0.2) is 0 Å². The molecule has 0 bridgehead atoms. The Morgan fingerprint density at radius 3 is 2.57 bits per heavy atom. The number of pyridine rings is 1. The fourth-order valence-electron chi connectivity index (χ4n) is 2.74. The van der Waals surface area contributed by atoms with Crippen LogP contribution in [0.5, 0.6) is 0 Å². The summed E-state index contributed by atoms with van der Waals surface area (Å²) in [5, 5.41) is 5.65. The highest BCUT2D eigenvalue weighted by Gasteiger charge is 2.07. The van der Waals surface area contributed by atoms with Gasteiger partial charge in [0.25, 0.3) is 0 Å². The zero-order valence-corrected chi connectivity index (χ0v) is 12.8. The van der Waals surface area contributed by atoms with Crippen LogP contribution in [0.3, 0.4) is 0 Å². The third-order valence-electron chi connectivity index (χ3n) is 3.94. The van der Waals surface area contributed by atoms with Gasteiger partial charge in [0.1, 0.15) is 5.82 Å². The van der Waals surface area contributed by atoms with Crippen molar-refractivity contribution in [1.82, 2.24) is 14.8 Å². The van der Waals surface area contributed by atoms with Gasteiger partial charge >= 0.3 is 0 Å². The lowest BCUT2D eigenvalue weighted by atomic mass is 10.1. The van der Waals surface area contributed by atoms with Gasteiger partial charge in [-0.2, -0.15) is 5.10 Å². The predicted octanol–water partition coefficient (Wildman–Crippen LogP) is 3.98. The van der Waals surface area contributed by atoms with E-state index < -0.39 is 0 Å². The Hall–Kier alpha value is -3.14. The average molecular weight is 300 g/mol. The van der Waals surface area contributed by atoms with Crippen molar-refractivity contribution < 1.29 is 0 Å². The summed E-state index contributed by atoms with van der Waals surface area (Å²) in [7, 11) is 0. The molecule has 2 N–H and O–H groups in total. The standard InChI is InChI=1S/C19H16N4/c1-13-3-2-4-17(9-13)23-18-10-14(5-6-16(18)12-22-23)15-7-8-19(20)21-11-15/h2-12H,1H3,(H2,20,21). The highest BCUT2D eigenvalue weighted by Crippen LogP contribution is 2.26. The van der Waals surface area contributed by atoms with Crippen LogP contribution >= 0.6 is 0 Å². The van der Waals surface area contributed by atoms with Gasteiger partial charge in [-0.1, -0.05) is 24.3 Å². The number of hydrogen-bond acceptors (Lipinski definition) is 3. The van der Waals surface area contributed by atoms with Crippen molar-refractivity contribution in [3.63, 3.8) is 0 Å². The molecule has 4 heteroatoms. The van der Waals surface area contributed by atoms with E-state index in [-0.39, 0.29) is 0 Å². The Kier molecular flexibility index (Phi) is 3.08. The van der Waals surface area contributed by atoms with Gasteiger partial charge in [0.2, 0.25) is 0 Å². The number of nitrogens with two attached hydrogens (primary N) is 1. The summed E-state index contributed by atoms with van der Waals surface area (Å²) in [5.74, 6) is 0.527. The summed E-state index contributed by atoms with van der Waals surface area (Å²) in [5.41, 5.74) is 11.2. The fourth-order valence-corrected chi connectivity index (χ4v) is 2.74. The van der Waals surface area contributed by atoms with E-state index in [4.69, 9.17) is 5.73 Å². The number of benzene rings is 2. The summed E-state index contributed by atoms with van der Waals surface area (Å²) < 4.78 is 1.97. The van der Waals surface area contributed by atoms with Gasteiger partial charge in [0, 0.05) is 17.1 Å². The molecule has 2 aromatic heterocycles. The molecule has 4 rings (SSSR count). The van der Waals surface area contributed by atoms with E-state index in [9.17, 15) is 0 Å². The molecule has 0 fully saturated rings. The Bertz CT molecular complexity index is 984. The molecule has 0 aliphatic heterocycles. The summed E-state index contributed by atoms with van der Waals surface area (Å²) >= 11 is 0. The van der Waals surface area contributed by atoms with Crippen molar-refractivity contribution in [3.05, 3.63) is 72.6 Å². The Labute approximate surface area is 134 Å². The van der Waals surface area contributed by atoms with Crippen LogP contribution in [0.15, 0.2) is 67.0 Å². The Balaban J connectivity index is 1.88. The summed E-state index contributed by atoms with van der Waals surface area (Å²) in [6.45, 7) is 2.08. The Morgan fingerprint density at radius 1 is 0.913 bits per heavy atom. The second-order valence-electron chi connectivity index (χ2n) is 5.64. The van der Waals surface area contributed by atoms with Crippen LogP contribution < -0.4 is 5.73 Å². The van der Waals surface area contributed by atoms with Gasteiger partial charge < -0.3 is 5.73 Å². The van der Waals surface area contributed by atoms with Crippen LogP contribution in [-0.4, -0.2) is 14.8 Å². The topological polar surface area (TPSA) is 56.7 Å². The molecule has 0 aliphatic carbocycles. The van der Waals surface area contributed by atoms with E-state index in [1.54, 1.807) is 6.20 Å². The lowest BCUT2D eigenvalue weighted by Gasteiger charge is -2.07. The van der Waals surface area contributed by atoms with Gasteiger partial charge in [-0.25, -0.2) is 9.67 Å². The largest absolute Gasteiger partial charge is 0.384 e. The van der Waals surface area contributed by atoms with Crippen molar-refractivity contribution in [1.29, 1.82) is 0 Å². The van der Waals surface area contributed by atoms with E-state index in [1.807, 2.05) is 29.1 Å². The van der Waals surface area contributed by atoms with E-state index in [1.165, 1.54) is 5.56 Å². The van der Waals surface area contributed by atoms with Crippen LogP contribution in [0.4, 0.5) is 5.82 Å². The van der Waals surface area contributed by atoms with Gasteiger partial charge in [-0.3, -0.25) is 0 Å². The summed E-state index contributed by atoms with van der Waals surface area (Å²) in [6.07, 6.45) is 3.69. The van der Waals surface area contributed by atoms with Crippen LogP contribution in [-0.2, 0) is 0 Å². The molecule has 0 saturated carbocycles. The third kappa shape index (κ3) is 2.44. The Morgan fingerprint density at radius 2 is 1.78 bits per heavy atom. The molecule has 0 spiro atoms. The minimum Gasteiger partial charge on any atom is -0.384 e. The molecule has 4 nitrogen and oxygen atoms in total. The molecule has 0 unspecified atom stereocenters.